The van der Waals surface area contributed by atoms with Crippen LogP contribution in [0.15, 0.2) is 24.3 Å². The van der Waals surface area contributed by atoms with Crippen LogP contribution < -0.4 is 11.5 Å². The Hall–Kier alpha value is -2.21. The van der Waals surface area contributed by atoms with Gasteiger partial charge in [-0.3, -0.25) is 4.79 Å². The molecule has 1 saturated carbocycles. The summed E-state index contributed by atoms with van der Waals surface area (Å²) >= 11 is 0. The van der Waals surface area contributed by atoms with Crippen LogP contribution in [-0.4, -0.2) is 20.9 Å². The van der Waals surface area contributed by atoms with Crippen molar-refractivity contribution in [1.82, 2.24) is 15.0 Å². The molecule has 1 fully saturated rings. The minimum Gasteiger partial charge on any atom is -0.366 e. The van der Waals surface area contributed by atoms with Crippen LogP contribution in [0.25, 0.3) is 5.69 Å². The third kappa shape index (κ3) is 2.08. The van der Waals surface area contributed by atoms with Gasteiger partial charge in [0.15, 0.2) is 0 Å². The number of nitrogens with two attached hydrogens (primary N) is 2. The van der Waals surface area contributed by atoms with Crippen molar-refractivity contribution in [3.05, 3.63) is 41.2 Å². The van der Waals surface area contributed by atoms with Crippen molar-refractivity contribution in [3.8, 4) is 5.69 Å². The lowest BCUT2D eigenvalue weighted by atomic mass is 9.82. The Kier molecular flexibility index (Phi) is 3.23. The van der Waals surface area contributed by atoms with Gasteiger partial charge in [0, 0.05) is 18.0 Å². The fourth-order valence-electron chi connectivity index (χ4n) is 2.51. The number of primary amides is 1. The van der Waals surface area contributed by atoms with Crippen LogP contribution in [0.1, 0.15) is 46.9 Å². The van der Waals surface area contributed by atoms with E-state index in [1.54, 1.807) is 12.1 Å². The maximum absolute atomic E-state index is 11.1. The Balaban J connectivity index is 2.00. The summed E-state index contributed by atoms with van der Waals surface area (Å²) in [6.07, 6.45) is 3.54. The first-order valence-electron chi connectivity index (χ1n) is 6.75. The molecule has 1 aliphatic rings. The summed E-state index contributed by atoms with van der Waals surface area (Å²) in [5.74, 6) is 0.0522. The van der Waals surface area contributed by atoms with Crippen LogP contribution in [0.5, 0.6) is 0 Å². The molecule has 1 amide bonds. The van der Waals surface area contributed by atoms with Crippen molar-refractivity contribution in [3.63, 3.8) is 0 Å². The van der Waals surface area contributed by atoms with E-state index in [-0.39, 0.29) is 0 Å². The lowest BCUT2D eigenvalue weighted by Gasteiger charge is -2.26. The van der Waals surface area contributed by atoms with E-state index in [9.17, 15) is 4.79 Å². The van der Waals surface area contributed by atoms with E-state index in [1.165, 1.54) is 6.42 Å². The molecule has 0 aliphatic heterocycles. The second-order valence-corrected chi connectivity index (χ2v) is 5.08. The molecule has 1 aromatic carbocycles. The summed E-state index contributed by atoms with van der Waals surface area (Å²) in [7, 11) is 0. The number of hydrogen-bond acceptors (Lipinski definition) is 4. The first kappa shape index (κ1) is 12.8. The van der Waals surface area contributed by atoms with Gasteiger partial charge in [0.05, 0.1) is 11.4 Å². The topological polar surface area (TPSA) is 99.8 Å². The van der Waals surface area contributed by atoms with Gasteiger partial charge in [0.1, 0.15) is 5.69 Å². The molecule has 4 N–H and O–H groups in total. The molecule has 6 heteroatoms. The summed E-state index contributed by atoms with van der Waals surface area (Å²) < 4.78 is 1.83. The summed E-state index contributed by atoms with van der Waals surface area (Å²) in [5.41, 5.74) is 14.3. The molecule has 1 heterocycles. The highest BCUT2D eigenvalue weighted by Crippen LogP contribution is 2.38. The number of carbonyl (C=O) groups is 1. The van der Waals surface area contributed by atoms with E-state index < -0.39 is 5.91 Å². The molecule has 0 saturated heterocycles. The highest BCUT2D eigenvalue weighted by molar-refractivity contribution is 5.92. The molecular weight excluding hydrogens is 254 g/mol. The fraction of sp³-hybridized carbons (Fsp3) is 0.357. The van der Waals surface area contributed by atoms with Gasteiger partial charge in [-0.2, -0.15) is 0 Å². The lowest BCUT2D eigenvalue weighted by molar-refractivity contribution is 0.100. The van der Waals surface area contributed by atoms with Gasteiger partial charge < -0.3 is 11.5 Å². The summed E-state index contributed by atoms with van der Waals surface area (Å²) in [4.78, 5) is 11.1. The molecular formula is C14H17N5O. The Labute approximate surface area is 116 Å². The molecule has 2 aromatic rings. The van der Waals surface area contributed by atoms with E-state index in [0.29, 0.717) is 18.0 Å². The molecule has 104 valence electrons. The van der Waals surface area contributed by atoms with Gasteiger partial charge in [-0.1, -0.05) is 11.6 Å². The van der Waals surface area contributed by atoms with Crippen LogP contribution in [0.4, 0.5) is 0 Å². The average molecular weight is 271 g/mol. The van der Waals surface area contributed by atoms with Crippen molar-refractivity contribution in [2.75, 3.05) is 0 Å². The predicted molar refractivity (Wildman–Crippen MR) is 74.4 cm³/mol. The van der Waals surface area contributed by atoms with Crippen LogP contribution in [-0.2, 0) is 6.54 Å². The van der Waals surface area contributed by atoms with Gasteiger partial charge in [-0.25, -0.2) is 4.68 Å². The number of carbonyl (C=O) groups excluding carboxylic acids is 1. The molecule has 0 atom stereocenters. The number of rotatable bonds is 4. The average Bonchev–Trinajstić information content (AvgIpc) is 2.80. The molecule has 0 radical (unpaired) electrons. The van der Waals surface area contributed by atoms with E-state index in [4.69, 9.17) is 11.5 Å². The Bertz CT molecular complexity index is 628. The Morgan fingerprint density at radius 2 is 2.00 bits per heavy atom. The monoisotopic (exact) mass is 271 g/mol. The van der Waals surface area contributed by atoms with Crippen molar-refractivity contribution in [2.24, 2.45) is 11.5 Å². The maximum Gasteiger partial charge on any atom is 0.248 e. The van der Waals surface area contributed by atoms with Gasteiger partial charge >= 0.3 is 0 Å². The van der Waals surface area contributed by atoms with Crippen LogP contribution in [0, 0.1) is 0 Å². The summed E-state index contributed by atoms with van der Waals surface area (Å²) in [6.45, 7) is 0.394. The molecule has 20 heavy (non-hydrogen) atoms. The third-order valence-electron chi connectivity index (χ3n) is 3.86. The zero-order valence-electron chi connectivity index (χ0n) is 11.1. The number of aromatic nitrogens is 3. The second-order valence-electron chi connectivity index (χ2n) is 5.08. The smallest absolute Gasteiger partial charge is 0.248 e. The van der Waals surface area contributed by atoms with E-state index in [1.807, 2.05) is 16.8 Å². The number of benzene rings is 1. The first-order chi connectivity index (χ1) is 9.70. The van der Waals surface area contributed by atoms with Crippen molar-refractivity contribution in [2.45, 2.75) is 31.7 Å². The van der Waals surface area contributed by atoms with Gasteiger partial charge in [0.25, 0.3) is 0 Å². The Morgan fingerprint density at radius 3 is 2.50 bits per heavy atom. The van der Waals surface area contributed by atoms with Gasteiger partial charge in [-0.15, -0.1) is 5.10 Å². The van der Waals surface area contributed by atoms with Crippen LogP contribution >= 0.6 is 0 Å². The van der Waals surface area contributed by atoms with Crippen molar-refractivity contribution >= 4 is 5.91 Å². The summed E-state index contributed by atoms with van der Waals surface area (Å²) in [6, 6.07) is 7.06. The predicted octanol–water partition coefficient (Wildman–Crippen LogP) is 1.09. The highest BCUT2D eigenvalue weighted by atomic mass is 16.1. The molecule has 0 spiro atoms. The molecule has 0 bridgehead atoms. The second kappa shape index (κ2) is 5.05. The minimum atomic E-state index is -0.433. The number of amides is 1. The van der Waals surface area contributed by atoms with Crippen molar-refractivity contribution < 1.29 is 4.79 Å². The van der Waals surface area contributed by atoms with Gasteiger partial charge in [0.2, 0.25) is 5.91 Å². The zero-order chi connectivity index (χ0) is 14.1. The van der Waals surface area contributed by atoms with Crippen LogP contribution in [0.3, 0.4) is 0 Å². The summed E-state index contributed by atoms with van der Waals surface area (Å²) in [5, 5.41) is 8.37. The zero-order valence-corrected chi connectivity index (χ0v) is 11.1. The normalized spacial score (nSPS) is 15.1. The largest absolute Gasteiger partial charge is 0.366 e. The Morgan fingerprint density at radius 1 is 1.30 bits per heavy atom. The number of nitrogens with zero attached hydrogens (tertiary/aromatic N) is 3. The fourth-order valence-corrected chi connectivity index (χ4v) is 2.51. The molecule has 0 unspecified atom stereocenters. The van der Waals surface area contributed by atoms with Crippen LogP contribution in [0.2, 0.25) is 0 Å². The molecule has 6 nitrogen and oxygen atoms in total. The third-order valence-corrected chi connectivity index (χ3v) is 3.86. The first-order valence-corrected chi connectivity index (χ1v) is 6.75. The molecule has 3 rings (SSSR count). The quantitative estimate of drug-likeness (QED) is 0.869. The van der Waals surface area contributed by atoms with E-state index >= 15 is 0 Å². The maximum atomic E-state index is 11.1. The minimum absolute atomic E-state index is 0.394. The van der Waals surface area contributed by atoms with E-state index in [0.717, 1.165) is 29.9 Å². The SMILES string of the molecule is NCc1nnn(-c2ccc(C(N)=O)cc2)c1C1CCC1. The lowest BCUT2D eigenvalue weighted by Crippen LogP contribution is -2.17. The highest BCUT2D eigenvalue weighted by Gasteiger charge is 2.27. The molecule has 1 aliphatic carbocycles. The van der Waals surface area contributed by atoms with E-state index in [2.05, 4.69) is 10.3 Å². The molecule has 1 aromatic heterocycles. The van der Waals surface area contributed by atoms with Crippen molar-refractivity contribution in [1.29, 1.82) is 0 Å². The number of hydrogen-bond donors (Lipinski definition) is 2. The standard InChI is InChI=1S/C14H17N5O/c15-8-12-13(9-2-1-3-9)19(18-17-12)11-6-4-10(5-7-11)14(16)20/h4-7,9H,1-3,8,15H2,(H2,16,20). The van der Waals surface area contributed by atoms with Gasteiger partial charge in [-0.05, 0) is 37.1 Å².